The summed E-state index contributed by atoms with van der Waals surface area (Å²) in [4.78, 5) is 39.5. The Labute approximate surface area is 160 Å². The van der Waals surface area contributed by atoms with Gasteiger partial charge in [0.15, 0.2) is 6.61 Å². The highest BCUT2D eigenvalue weighted by atomic mass is 35.5. The summed E-state index contributed by atoms with van der Waals surface area (Å²) in [6, 6.07) is 7.14. The van der Waals surface area contributed by atoms with Gasteiger partial charge in [0.2, 0.25) is 5.78 Å². The third kappa shape index (κ3) is 4.68. The van der Waals surface area contributed by atoms with Crippen molar-refractivity contribution < 1.29 is 23.9 Å². The third-order valence-electron chi connectivity index (χ3n) is 3.65. The van der Waals surface area contributed by atoms with Gasteiger partial charge in [0.25, 0.3) is 0 Å². The third-order valence-corrected chi connectivity index (χ3v) is 5.14. The maximum Gasteiger partial charge on any atom is 0.339 e. The van der Waals surface area contributed by atoms with Crippen molar-refractivity contribution in [3.05, 3.63) is 51.8 Å². The molecule has 0 radical (unpaired) electrons. The zero-order valence-corrected chi connectivity index (χ0v) is 16.1. The highest BCUT2D eigenvalue weighted by molar-refractivity contribution is 8.00. The number of H-pyrrole nitrogens is 1. The molecule has 138 valence electrons. The Balaban J connectivity index is 1.93. The van der Waals surface area contributed by atoms with E-state index in [0.717, 1.165) is 4.90 Å². The van der Waals surface area contributed by atoms with Crippen molar-refractivity contribution in [3.8, 4) is 0 Å². The maximum absolute atomic E-state index is 12.3. The monoisotopic (exact) mass is 395 g/mol. The van der Waals surface area contributed by atoms with Crippen molar-refractivity contribution in [2.24, 2.45) is 0 Å². The molecule has 2 rings (SSSR count). The van der Waals surface area contributed by atoms with E-state index in [1.165, 1.54) is 18.9 Å². The van der Waals surface area contributed by atoms with Crippen LogP contribution in [-0.4, -0.2) is 42.2 Å². The average molecular weight is 396 g/mol. The van der Waals surface area contributed by atoms with E-state index in [4.69, 9.17) is 21.1 Å². The zero-order chi connectivity index (χ0) is 19.3. The Morgan fingerprint density at radius 3 is 2.54 bits per heavy atom. The number of benzene rings is 1. The Morgan fingerprint density at radius 1 is 1.19 bits per heavy atom. The highest BCUT2D eigenvalue weighted by Gasteiger charge is 2.23. The number of hydrogen-bond donors (Lipinski definition) is 1. The number of esters is 2. The number of aromatic amines is 1. The summed E-state index contributed by atoms with van der Waals surface area (Å²) < 4.78 is 9.73. The van der Waals surface area contributed by atoms with E-state index in [-0.39, 0.29) is 11.4 Å². The summed E-state index contributed by atoms with van der Waals surface area (Å²) in [5.41, 5.74) is 1.55. The number of carbonyl (C=O) groups excluding carboxylic acids is 3. The first-order valence-electron chi connectivity index (χ1n) is 7.68. The lowest BCUT2D eigenvalue weighted by Crippen LogP contribution is -2.16. The summed E-state index contributed by atoms with van der Waals surface area (Å²) in [5, 5.41) is 0.550. The van der Waals surface area contributed by atoms with Crippen LogP contribution in [0, 0.1) is 13.8 Å². The van der Waals surface area contributed by atoms with E-state index in [2.05, 4.69) is 4.98 Å². The second kappa shape index (κ2) is 8.91. The van der Waals surface area contributed by atoms with E-state index >= 15 is 0 Å². The summed E-state index contributed by atoms with van der Waals surface area (Å²) in [5.74, 6) is -1.44. The van der Waals surface area contributed by atoms with E-state index in [1.807, 2.05) is 6.07 Å². The zero-order valence-electron chi connectivity index (χ0n) is 14.6. The topological polar surface area (TPSA) is 85.5 Å². The van der Waals surface area contributed by atoms with Crippen molar-refractivity contribution in [1.82, 2.24) is 4.98 Å². The van der Waals surface area contributed by atoms with E-state index < -0.39 is 24.3 Å². The summed E-state index contributed by atoms with van der Waals surface area (Å²) >= 11 is 7.25. The molecular weight excluding hydrogens is 378 g/mol. The standard InChI is InChI=1S/C18H18ClNO5S/c1-10-16(18(23)24-3)11(2)20-17(10)13(21)8-25-15(22)9-26-14-7-5-4-6-12(14)19/h4-7,20H,8-9H2,1-3H3. The molecule has 2 aromatic rings. The molecule has 0 saturated carbocycles. The van der Waals surface area contributed by atoms with Crippen LogP contribution in [0.15, 0.2) is 29.2 Å². The van der Waals surface area contributed by atoms with Crippen molar-refractivity contribution in [2.75, 3.05) is 19.5 Å². The van der Waals surface area contributed by atoms with Crippen LogP contribution in [0.4, 0.5) is 0 Å². The van der Waals surface area contributed by atoms with Crippen LogP contribution < -0.4 is 0 Å². The molecule has 0 aliphatic carbocycles. The van der Waals surface area contributed by atoms with Crippen LogP contribution in [0.1, 0.15) is 32.1 Å². The van der Waals surface area contributed by atoms with Gasteiger partial charge in [-0.15, -0.1) is 11.8 Å². The van der Waals surface area contributed by atoms with Crippen molar-refractivity contribution in [1.29, 1.82) is 0 Å². The van der Waals surface area contributed by atoms with Crippen LogP contribution in [0.3, 0.4) is 0 Å². The van der Waals surface area contributed by atoms with Gasteiger partial charge in [-0.2, -0.15) is 0 Å². The van der Waals surface area contributed by atoms with Gasteiger partial charge in [0.1, 0.15) is 0 Å². The number of carbonyl (C=O) groups is 3. The van der Waals surface area contributed by atoms with Gasteiger partial charge in [-0.1, -0.05) is 23.7 Å². The number of ketones is 1. The number of nitrogens with one attached hydrogen (secondary N) is 1. The lowest BCUT2D eigenvalue weighted by Gasteiger charge is -2.05. The molecule has 0 aliphatic rings. The van der Waals surface area contributed by atoms with Crippen LogP contribution in [0.2, 0.25) is 5.02 Å². The number of methoxy groups -OCH3 is 1. The normalized spacial score (nSPS) is 10.5. The largest absolute Gasteiger partial charge is 0.465 e. The molecular formula is C18H18ClNO5S. The molecule has 0 spiro atoms. The second-order valence-electron chi connectivity index (χ2n) is 5.42. The van der Waals surface area contributed by atoms with Crippen LogP contribution in [0.5, 0.6) is 0 Å². The van der Waals surface area contributed by atoms with E-state index in [0.29, 0.717) is 21.8 Å². The second-order valence-corrected chi connectivity index (χ2v) is 6.84. The maximum atomic E-state index is 12.3. The number of aryl methyl sites for hydroxylation is 1. The quantitative estimate of drug-likeness (QED) is 0.438. The molecule has 26 heavy (non-hydrogen) atoms. The summed E-state index contributed by atoms with van der Waals surface area (Å²) in [6.07, 6.45) is 0. The minimum atomic E-state index is -0.530. The first-order chi connectivity index (χ1) is 12.3. The fourth-order valence-electron chi connectivity index (χ4n) is 2.40. The molecule has 6 nitrogen and oxygen atoms in total. The molecule has 1 N–H and O–H groups in total. The predicted molar refractivity (Wildman–Crippen MR) is 99.1 cm³/mol. The smallest absolute Gasteiger partial charge is 0.339 e. The van der Waals surface area contributed by atoms with Gasteiger partial charge in [0.05, 0.1) is 29.1 Å². The average Bonchev–Trinajstić information content (AvgIpc) is 2.92. The Morgan fingerprint density at radius 2 is 1.88 bits per heavy atom. The number of thioether (sulfide) groups is 1. The van der Waals surface area contributed by atoms with Gasteiger partial charge in [-0.05, 0) is 31.5 Å². The molecule has 1 aromatic carbocycles. The number of hydrogen-bond acceptors (Lipinski definition) is 6. The van der Waals surface area contributed by atoms with Gasteiger partial charge in [-0.25, -0.2) is 4.79 Å². The molecule has 0 saturated heterocycles. The van der Waals surface area contributed by atoms with Crippen LogP contribution in [0.25, 0.3) is 0 Å². The van der Waals surface area contributed by atoms with Crippen molar-refractivity contribution >= 4 is 41.1 Å². The minimum absolute atomic E-state index is 0.0349. The fourth-order valence-corrected chi connectivity index (χ4v) is 3.43. The molecule has 8 heteroatoms. The summed E-state index contributed by atoms with van der Waals surface area (Å²) in [7, 11) is 1.27. The molecule has 0 atom stereocenters. The molecule has 0 unspecified atom stereocenters. The lowest BCUT2D eigenvalue weighted by atomic mass is 10.1. The van der Waals surface area contributed by atoms with Crippen molar-refractivity contribution in [3.63, 3.8) is 0 Å². The summed E-state index contributed by atoms with van der Waals surface area (Å²) in [6.45, 7) is 2.89. The Kier molecular flexibility index (Phi) is 6.88. The number of Topliss-reactive ketones (excluding diaryl/α,β-unsaturated/α-hetero) is 1. The van der Waals surface area contributed by atoms with Gasteiger partial charge >= 0.3 is 11.9 Å². The van der Waals surface area contributed by atoms with Crippen LogP contribution >= 0.6 is 23.4 Å². The molecule has 0 bridgehead atoms. The number of ether oxygens (including phenoxy) is 2. The number of halogens is 1. The van der Waals surface area contributed by atoms with Gasteiger partial charge in [-0.3, -0.25) is 9.59 Å². The molecule has 1 heterocycles. The SMILES string of the molecule is COC(=O)c1c(C)[nH]c(C(=O)COC(=O)CSc2ccccc2Cl)c1C. The van der Waals surface area contributed by atoms with Crippen molar-refractivity contribution in [2.45, 2.75) is 18.7 Å². The fraction of sp³-hybridized carbons (Fsp3) is 0.278. The molecule has 1 aromatic heterocycles. The Bertz CT molecular complexity index is 846. The predicted octanol–water partition coefficient (Wildman–Crippen LogP) is 3.59. The van der Waals surface area contributed by atoms with Crippen LogP contribution in [-0.2, 0) is 14.3 Å². The Hall–Kier alpha value is -2.25. The highest BCUT2D eigenvalue weighted by Crippen LogP contribution is 2.26. The molecule has 0 aliphatic heterocycles. The number of aromatic nitrogens is 1. The first kappa shape index (κ1) is 20.1. The van der Waals surface area contributed by atoms with Gasteiger partial charge in [0, 0.05) is 10.6 Å². The lowest BCUT2D eigenvalue weighted by molar-refractivity contribution is -0.139. The minimum Gasteiger partial charge on any atom is -0.465 e. The molecule has 0 fully saturated rings. The van der Waals surface area contributed by atoms with E-state index in [9.17, 15) is 14.4 Å². The van der Waals surface area contributed by atoms with E-state index in [1.54, 1.807) is 32.0 Å². The molecule has 0 amide bonds. The van der Waals surface area contributed by atoms with Gasteiger partial charge < -0.3 is 14.5 Å². The number of rotatable bonds is 7. The first-order valence-corrected chi connectivity index (χ1v) is 9.05.